The van der Waals surface area contributed by atoms with Gasteiger partial charge in [-0.15, -0.1) is 0 Å². The molecule has 40 heavy (non-hydrogen) atoms. The number of nitriles is 1. The summed E-state index contributed by atoms with van der Waals surface area (Å²) in [6.45, 7) is 2.19. The summed E-state index contributed by atoms with van der Waals surface area (Å²) in [5.41, 5.74) is 2.93. The highest BCUT2D eigenvalue weighted by Gasteiger charge is 2.44. The lowest BCUT2D eigenvalue weighted by Crippen LogP contribution is -2.75. The number of aromatic nitrogens is 5. The van der Waals surface area contributed by atoms with E-state index in [-0.39, 0.29) is 30.2 Å². The second-order valence-corrected chi connectivity index (χ2v) is 9.94. The number of nitrogens with one attached hydrogen (secondary N) is 1. The van der Waals surface area contributed by atoms with Gasteiger partial charge in [0.15, 0.2) is 11.4 Å². The third-order valence-electron chi connectivity index (χ3n) is 6.39. The fraction of sp³-hybridized carbons (Fsp3) is 0.280. The highest BCUT2D eigenvalue weighted by molar-refractivity contribution is 6.46. The molecule has 1 aliphatic rings. The Labute approximate surface area is 236 Å². The Balaban J connectivity index is 1.42. The number of carbonyl (C=O) groups is 1. The van der Waals surface area contributed by atoms with Gasteiger partial charge in [0.1, 0.15) is 23.1 Å². The SMILES string of the molecule is [B]C1([B])CN(C)CC([B])([B])N1C(=O)c1ccc(Nc2cc(Oc3cnc(C#N)cc3C)nc3c2ncn3C)nc1. The number of rotatable bonds is 5. The monoisotopic (exact) mass is 523 g/mol. The molecule has 0 atom stereocenters. The number of anilines is 2. The van der Waals surface area contributed by atoms with E-state index in [2.05, 4.69) is 25.3 Å². The molecule has 0 aliphatic carbocycles. The van der Waals surface area contributed by atoms with Gasteiger partial charge in [-0.2, -0.15) is 10.2 Å². The van der Waals surface area contributed by atoms with Crippen molar-refractivity contribution in [1.82, 2.24) is 34.3 Å². The van der Waals surface area contributed by atoms with Gasteiger partial charge in [-0.3, -0.25) is 4.79 Å². The van der Waals surface area contributed by atoms with Gasteiger partial charge in [0.05, 0.1) is 55.2 Å². The van der Waals surface area contributed by atoms with Gasteiger partial charge in [0, 0.05) is 32.4 Å². The van der Waals surface area contributed by atoms with E-state index < -0.39 is 16.6 Å². The quantitative estimate of drug-likeness (QED) is 0.380. The fourth-order valence-corrected chi connectivity index (χ4v) is 4.73. The summed E-state index contributed by atoms with van der Waals surface area (Å²) in [6, 6.07) is 8.50. The van der Waals surface area contributed by atoms with Crippen LogP contribution in [0.1, 0.15) is 21.6 Å². The van der Waals surface area contributed by atoms with Crippen molar-refractivity contribution in [2.45, 2.75) is 17.6 Å². The number of aryl methyl sites for hydroxylation is 2. The minimum atomic E-state index is -1.58. The van der Waals surface area contributed by atoms with E-state index in [4.69, 9.17) is 41.4 Å². The molecular weight excluding hydrogens is 502 g/mol. The lowest BCUT2D eigenvalue weighted by atomic mass is 9.50. The van der Waals surface area contributed by atoms with E-state index in [9.17, 15) is 4.79 Å². The molecule has 4 aromatic rings. The first kappa shape index (κ1) is 27.3. The maximum atomic E-state index is 13.3. The maximum Gasteiger partial charge on any atom is 0.253 e. The third-order valence-corrected chi connectivity index (χ3v) is 6.39. The topological polar surface area (TPSA) is 125 Å². The molecule has 0 spiro atoms. The highest BCUT2D eigenvalue weighted by atomic mass is 16.5. The van der Waals surface area contributed by atoms with Crippen molar-refractivity contribution in [3.8, 4) is 17.7 Å². The molecule has 0 unspecified atom stereocenters. The molecule has 5 heterocycles. The van der Waals surface area contributed by atoms with Crippen LogP contribution < -0.4 is 10.1 Å². The van der Waals surface area contributed by atoms with Crippen LogP contribution in [0.2, 0.25) is 0 Å². The molecule has 190 valence electrons. The Morgan fingerprint density at radius 3 is 2.42 bits per heavy atom. The number of fused-ring (bicyclic) bond motifs is 1. The molecule has 0 saturated carbocycles. The maximum absolute atomic E-state index is 13.3. The number of nitrogens with zero attached hydrogens (tertiary/aromatic N) is 8. The summed E-state index contributed by atoms with van der Waals surface area (Å²) in [4.78, 5) is 33.6. The Morgan fingerprint density at radius 1 is 1.07 bits per heavy atom. The molecule has 4 aromatic heterocycles. The number of pyridine rings is 3. The van der Waals surface area contributed by atoms with Crippen molar-refractivity contribution in [3.63, 3.8) is 0 Å². The Bertz CT molecular complexity index is 1630. The van der Waals surface area contributed by atoms with E-state index in [1.807, 2.05) is 20.0 Å². The standard InChI is InChI=1S/C25H21B4N9O2/c1-14-6-16(8-30)31-10-18(14)40-20-7-17(21-22(35-20)37(3)13-33-21)34-19-5-4-15(9-32-19)23(39)38-24(26,27)11-36(2)12-25(38,28)29/h4-7,9-10,13H,11-12H2,1-3H3,(H,32,34,35). The van der Waals surface area contributed by atoms with Crippen LogP contribution in [-0.4, -0.2) is 102 Å². The summed E-state index contributed by atoms with van der Waals surface area (Å²) < 4.78 is 7.75. The number of imidazole rings is 1. The summed E-state index contributed by atoms with van der Waals surface area (Å²) in [6.07, 6.45) is 4.49. The van der Waals surface area contributed by atoms with Crippen LogP contribution in [0, 0.1) is 18.3 Å². The van der Waals surface area contributed by atoms with Gasteiger partial charge in [-0.25, -0.2) is 15.0 Å². The second kappa shape index (κ2) is 10.0. The van der Waals surface area contributed by atoms with Crippen molar-refractivity contribution in [3.05, 3.63) is 59.8 Å². The molecule has 11 nitrogen and oxygen atoms in total. The number of carbonyl (C=O) groups excluding carboxylic acids is 1. The number of amides is 1. The third kappa shape index (κ3) is 5.14. The zero-order valence-corrected chi connectivity index (χ0v) is 22.2. The van der Waals surface area contributed by atoms with E-state index in [1.54, 1.807) is 47.1 Å². The van der Waals surface area contributed by atoms with E-state index in [1.165, 1.54) is 12.4 Å². The van der Waals surface area contributed by atoms with E-state index in [0.717, 1.165) is 10.5 Å². The molecular formula is C25H21B4N9O2. The molecule has 1 N–H and O–H groups in total. The first-order chi connectivity index (χ1) is 18.9. The van der Waals surface area contributed by atoms with Crippen LogP contribution >= 0.6 is 0 Å². The Kier molecular flexibility index (Phi) is 6.83. The van der Waals surface area contributed by atoms with Gasteiger partial charge in [0.2, 0.25) is 5.88 Å². The number of ether oxygens (including phenoxy) is 1. The molecule has 1 fully saturated rings. The van der Waals surface area contributed by atoms with Gasteiger partial charge < -0.3 is 24.4 Å². The largest absolute Gasteiger partial charge is 0.437 e. The molecule has 0 aromatic carbocycles. The van der Waals surface area contributed by atoms with Gasteiger partial charge in [-0.1, -0.05) is 0 Å². The molecule has 1 amide bonds. The van der Waals surface area contributed by atoms with Crippen molar-refractivity contribution in [2.24, 2.45) is 7.05 Å². The molecule has 0 bridgehead atoms. The molecule has 1 saturated heterocycles. The van der Waals surface area contributed by atoms with Gasteiger partial charge in [-0.05, 0) is 48.4 Å². The average molecular weight is 523 g/mol. The van der Waals surface area contributed by atoms with Crippen molar-refractivity contribution in [2.75, 3.05) is 25.5 Å². The molecule has 5 rings (SSSR count). The van der Waals surface area contributed by atoms with E-state index >= 15 is 0 Å². The minimum Gasteiger partial charge on any atom is -0.437 e. The van der Waals surface area contributed by atoms with Crippen LogP contribution in [0.4, 0.5) is 11.5 Å². The van der Waals surface area contributed by atoms with Crippen LogP contribution in [0.5, 0.6) is 11.6 Å². The summed E-state index contributed by atoms with van der Waals surface area (Å²) in [7, 11) is 28.4. The Morgan fingerprint density at radius 2 is 1.80 bits per heavy atom. The number of piperazine rings is 1. The van der Waals surface area contributed by atoms with Crippen molar-refractivity contribution < 1.29 is 9.53 Å². The van der Waals surface area contributed by atoms with Crippen LogP contribution in [0.3, 0.4) is 0 Å². The lowest BCUT2D eigenvalue weighted by Gasteiger charge is -2.57. The number of hydrogen-bond donors (Lipinski definition) is 1. The number of likely N-dealkylation sites (N-methyl/N-ethyl adjacent to an activating group) is 1. The first-order valence-electron chi connectivity index (χ1n) is 12.2. The molecule has 8 radical (unpaired) electrons. The zero-order chi connectivity index (χ0) is 28.8. The zero-order valence-electron chi connectivity index (χ0n) is 22.2. The predicted molar refractivity (Wildman–Crippen MR) is 152 cm³/mol. The summed E-state index contributed by atoms with van der Waals surface area (Å²) >= 11 is 0. The second-order valence-electron chi connectivity index (χ2n) is 9.94. The van der Waals surface area contributed by atoms with Crippen molar-refractivity contribution >= 4 is 60.0 Å². The van der Waals surface area contributed by atoms with Crippen LogP contribution in [-0.2, 0) is 7.05 Å². The van der Waals surface area contributed by atoms with E-state index in [0.29, 0.717) is 28.4 Å². The summed E-state index contributed by atoms with van der Waals surface area (Å²) in [5, 5.41) is 9.13. The lowest BCUT2D eigenvalue weighted by molar-refractivity contribution is 0.0413. The number of hydrogen-bond acceptors (Lipinski definition) is 9. The van der Waals surface area contributed by atoms with Crippen molar-refractivity contribution in [1.29, 1.82) is 5.26 Å². The highest BCUT2D eigenvalue weighted by Crippen LogP contribution is 2.32. The first-order valence-corrected chi connectivity index (χ1v) is 12.2. The fourth-order valence-electron chi connectivity index (χ4n) is 4.73. The predicted octanol–water partition coefficient (Wildman–Crippen LogP) is 0.843. The Hall–Kier alpha value is -4.30. The smallest absolute Gasteiger partial charge is 0.253 e. The van der Waals surface area contributed by atoms with Crippen LogP contribution in [0.25, 0.3) is 11.2 Å². The molecule has 15 heteroatoms. The molecule has 1 aliphatic heterocycles. The normalized spacial score (nSPS) is 16.4. The van der Waals surface area contributed by atoms with Gasteiger partial charge in [0.25, 0.3) is 5.91 Å². The average Bonchev–Trinajstić information content (AvgIpc) is 3.24. The van der Waals surface area contributed by atoms with Crippen LogP contribution in [0.15, 0.2) is 43.0 Å². The van der Waals surface area contributed by atoms with Gasteiger partial charge >= 0.3 is 0 Å². The summed E-state index contributed by atoms with van der Waals surface area (Å²) in [5.74, 6) is 0.615. The minimum absolute atomic E-state index is 0.187.